The predicted molar refractivity (Wildman–Crippen MR) is 184 cm³/mol. The molecule has 0 spiro atoms. The first-order chi connectivity index (χ1) is 18.7. The average Bonchev–Trinajstić information content (AvgIpc) is 2.79. The summed E-state index contributed by atoms with van der Waals surface area (Å²) >= 11 is 0. The molecule has 2 saturated heterocycles. The van der Waals surface area contributed by atoms with Gasteiger partial charge in [0.1, 0.15) is 5.75 Å². The van der Waals surface area contributed by atoms with Gasteiger partial charge in [-0.2, -0.15) is 0 Å². The molecule has 0 unspecified atom stereocenters. The van der Waals surface area contributed by atoms with E-state index >= 15 is 0 Å². The summed E-state index contributed by atoms with van der Waals surface area (Å²) in [5.74, 6) is 4.11. The maximum absolute atomic E-state index is 11.5. The standard InChI is InChI=1S/C39H69N2O/c1-18-27(19-26-20-30(34(2,3)4)33(42)31(21-26)35(5,6)7)32(28-22-36(8,9)40(16)37(10,11)23-28)29-24-38(12,13)41(17)39(14,15)25-29/h20-21,28-29,32,42H,18-19,22-25H2,1-17H3. The van der Waals surface area contributed by atoms with E-state index in [4.69, 9.17) is 0 Å². The van der Waals surface area contributed by atoms with E-state index in [2.05, 4.69) is 140 Å². The molecule has 241 valence electrons. The minimum absolute atomic E-state index is 0.115. The average molecular weight is 582 g/mol. The van der Waals surface area contributed by atoms with Crippen LogP contribution in [-0.4, -0.2) is 51.2 Å². The Balaban J connectivity index is 2.17. The number of hydrogen-bond acceptors (Lipinski definition) is 3. The van der Waals surface area contributed by atoms with Crippen LogP contribution in [0.2, 0.25) is 0 Å². The summed E-state index contributed by atoms with van der Waals surface area (Å²) in [6.45, 7) is 35.6. The number of nitrogens with zero attached hydrogens (tertiary/aromatic N) is 2. The SMILES string of the molecule is CC[C](Cc1cc(C(C)(C)C)c(O)c(C(C)(C)C)c1)C(C1CC(C)(C)N(C)C(C)(C)C1)C1CC(C)(C)N(C)C(C)(C)C1. The summed E-state index contributed by atoms with van der Waals surface area (Å²) in [5, 5.41) is 11.5. The second kappa shape index (κ2) is 11.4. The van der Waals surface area contributed by atoms with Crippen molar-refractivity contribution < 1.29 is 5.11 Å². The molecular weight excluding hydrogens is 512 g/mol. The van der Waals surface area contributed by atoms with Crippen molar-refractivity contribution in [1.82, 2.24) is 9.80 Å². The molecule has 0 bridgehead atoms. The Kier molecular flexibility index (Phi) is 9.60. The number of hydrogen-bond donors (Lipinski definition) is 1. The third-order valence-corrected chi connectivity index (χ3v) is 11.8. The van der Waals surface area contributed by atoms with Gasteiger partial charge in [-0.05, 0) is 159 Å². The fourth-order valence-corrected chi connectivity index (χ4v) is 9.14. The van der Waals surface area contributed by atoms with E-state index in [0.717, 1.165) is 24.0 Å². The van der Waals surface area contributed by atoms with E-state index in [-0.39, 0.29) is 33.0 Å². The van der Waals surface area contributed by atoms with Crippen LogP contribution < -0.4 is 0 Å². The van der Waals surface area contributed by atoms with Crippen LogP contribution >= 0.6 is 0 Å². The molecule has 1 aromatic rings. The quantitative estimate of drug-likeness (QED) is 0.362. The molecule has 0 saturated carbocycles. The molecule has 3 heteroatoms. The molecule has 3 nitrogen and oxygen atoms in total. The van der Waals surface area contributed by atoms with Crippen LogP contribution in [0.15, 0.2) is 12.1 Å². The fraction of sp³-hybridized carbons (Fsp3) is 0.821. The van der Waals surface area contributed by atoms with Crippen LogP contribution in [0.4, 0.5) is 0 Å². The highest BCUT2D eigenvalue weighted by Gasteiger charge is 2.52. The van der Waals surface area contributed by atoms with Gasteiger partial charge in [0.2, 0.25) is 0 Å². The van der Waals surface area contributed by atoms with Gasteiger partial charge in [-0.15, -0.1) is 0 Å². The zero-order valence-corrected chi connectivity index (χ0v) is 31.0. The number of aromatic hydroxyl groups is 1. The van der Waals surface area contributed by atoms with Crippen molar-refractivity contribution in [1.29, 1.82) is 0 Å². The minimum atomic E-state index is -0.115. The highest BCUT2D eigenvalue weighted by atomic mass is 16.3. The first-order valence-electron chi connectivity index (χ1n) is 16.9. The van der Waals surface area contributed by atoms with Crippen molar-refractivity contribution in [3.8, 4) is 5.75 Å². The normalized spacial score (nSPS) is 24.1. The van der Waals surface area contributed by atoms with E-state index in [0.29, 0.717) is 23.5 Å². The molecule has 2 aliphatic heterocycles. The highest BCUT2D eigenvalue weighted by Crippen LogP contribution is 2.54. The Hall–Kier alpha value is -1.06. The van der Waals surface area contributed by atoms with E-state index in [1.54, 1.807) is 5.92 Å². The van der Waals surface area contributed by atoms with Crippen molar-refractivity contribution in [2.75, 3.05) is 14.1 Å². The second-order valence-corrected chi connectivity index (χ2v) is 19.0. The minimum Gasteiger partial charge on any atom is -0.507 e. The van der Waals surface area contributed by atoms with Crippen molar-refractivity contribution >= 4 is 0 Å². The zero-order valence-electron chi connectivity index (χ0n) is 31.0. The van der Waals surface area contributed by atoms with Crippen molar-refractivity contribution in [3.63, 3.8) is 0 Å². The monoisotopic (exact) mass is 582 g/mol. The van der Waals surface area contributed by atoms with Gasteiger partial charge in [0, 0.05) is 22.2 Å². The Morgan fingerprint density at radius 2 is 1.02 bits per heavy atom. The molecule has 2 heterocycles. The fourth-order valence-electron chi connectivity index (χ4n) is 9.14. The van der Waals surface area contributed by atoms with Crippen LogP contribution in [0.1, 0.15) is 153 Å². The van der Waals surface area contributed by atoms with Crippen LogP contribution in [0, 0.1) is 23.7 Å². The topological polar surface area (TPSA) is 26.7 Å². The lowest BCUT2D eigenvalue weighted by Crippen LogP contribution is -2.62. The smallest absolute Gasteiger partial charge is 0.123 e. The Labute approximate surface area is 262 Å². The van der Waals surface area contributed by atoms with Gasteiger partial charge in [-0.25, -0.2) is 0 Å². The number of phenols is 1. The van der Waals surface area contributed by atoms with E-state index < -0.39 is 0 Å². The zero-order chi connectivity index (χ0) is 32.4. The van der Waals surface area contributed by atoms with Gasteiger partial charge in [-0.3, -0.25) is 9.80 Å². The van der Waals surface area contributed by atoms with Crippen LogP contribution in [0.5, 0.6) is 5.75 Å². The van der Waals surface area contributed by atoms with Crippen LogP contribution in [0.3, 0.4) is 0 Å². The highest BCUT2D eigenvalue weighted by molar-refractivity contribution is 5.50. The summed E-state index contributed by atoms with van der Waals surface area (Å²) < 4.78 is 0. The molecule has 1 radical (unpaired) electrons. The molecule has 1 N–H and O–H groups in total. The van der Waals surface area contributed by atoms with Gasteiger partial charge >= 0.3 is 0 Å². The third kappa shape index (κ3) is 7.09. The predicted octanol–water partition coefficient (Wildman–Crippen LogP) is 9.93. The van der Waals surface area contributed by atoms with Gasteiger partial charge in [0.05, 0.1) is 0 Å². The van der Waals surface area contributed by atoms with Gasteiger partial charge in [0.15, 0.2) is 0 Å². The Bertz CT molecular complexity index is 983. The molecule has 0 aromatic heterocycles. The van der Waals surface area contributed by atoms with Gasteiger partial charge in [0.25, 0.3) is 0 Å². The lowest BCUT2D eigenvalue weighted by molar-refractivity contribution is -0.0805. The molecule has 42 heavy (non-hydrogen) atoms. The molecule has 3 rings (SSSR count). The number of piperidine rings is 2. The molecule has 0 amide bonds. The summed E-state index contributed by atoms with van der Waals surface area (Å²) in [6.07, 6.45) is 7.08. The van der Waals surface area contributed by atoms with Crippen LogP contribution in [-0.2, 0) is 17.3 Å². The molecule has 1 aromatic carbocycles. The maximum Gasteiger partial charge on any atom is 0.123 e. The molecular formula is C39H69N2O. The summed E-state index contributed by atoms with van der Waals surface area (Å²) in [7, 11) is 4.69. The van der Waals surface area contributed by atoms with E-state index in [1.807, 2.05) is 0 Å². The van der Waals surface area contributed by atoms with Crippen molar-refractivity contribution in [3.05, 3.63) is 34.7 Å². The first-order valence-corrected chi connectivity index (χ1v) is 16.9. The summed E-state index contributed by atoms with van der Waals surface area (Å²) in [6, 6.07) is 4.67. The van der Waals surface area contributed by atoms with Gasteiger partial charge in [-0.1, -0.05) is 60.6 Å². The van der Waals surface area contributed by atoms with Crippen LogP contribution in [0.25, 0.3) is 0 Å². The van der Waals surface area contributed by atoms with E-state index in [9.17, 15) is 5.11 Å². The largest absolute Gasteiger partial charge is 0.507 e. The molecule has 2 fully saturated rings. The molecule has 2 aliphatic rings. The van der Waals surface area contributed by atoms with Gasteiger partial charge < -0.3 is 5.11 Å². The summed E-state index contributed by atoms with van der Waals surface area (Å²) in [5.41, 5.74) is 3.97. The maximum atomic E-state index is 11.5. The van der Waals surface area contributed by atoms with E-state index in [1.165, 1.54) is 31.2 Å². The van der Waals surface area contributed by atoms with Crippen molar-refractivity contribution in [2.45, 2.75) is 175 Å². The molecule has 0 aliphatic carbocycles. The summed E-state index contributed by atoms with van der Waals surface area (Å²) in [4.78, 5) is 5.29. The number of rotatable bonds is 6. The number of phenolic OH excluding ortho intramolecular Hbond substituents is 1. The first kappa shape index (κ1) is 35.4. The second-order valence-electron chi connectivity index (χ2n) is 19.0. The Morgan fingerprint density at radius 1 is 0.714 bits per heavy atom. The lowest BCUT2D eigenvalue weighted by Gasteiger charge is -2.60. The Morgan fingerprint density at radius 3 is 1.29 bits per heavy atom. The number of benzene rings is 1. The lowest BCUT2D eigenvalue weighted by atomic mass is 9.57. The number of likely N-dealkylation sites (tertiary alicyclic amines) is 2. The van der Waals surface area contributed by atoms with Crippen molar-refractivity contribution in [2.24, 2.45) is 17.8 Å². The third-order valence-electron chi connectivity index (χ3n) is 11.8. The molecule has 0 atom stereocenters.